The molecule has 0 unspecified atom stereocenters. The Bertz CT molecular complexity index is 87.1. The van der Waals surface area contributed by atoms with Gasteiger partial charge in [0.2, 0.25) is 0 Å². The topological polar surface area (TPSA) is 52.5 Å². The van der Waals surface area contributed by atoms with Crippen molar-refractivity contribution >= 4 is 0 Å². The summed E-state index contributed by atoms with van der Waals surface area (Å²) in [6.45, 7) is 1.70. The van der Waals surface area contributed by atoms with Crippen LogP contribution in [0, 0.1) is 5.92 Å². The van der Waals surface area contributed by atoms with Crippen molar-refractivity contribution in [1.29, 1.82) is 0 Å². The van der Waals surface area contributed by atoms with E-state index in [4.69, 9.17) is 10.2 Å². The second-order valence-corrected chi connectivity index (χ2v) is 2.60. The molecular weight excluding hydrogens is 118 g/mol. The smallest absolute Gasteiger partial charge is 0.0668 e. The largest absolute Gasteiger partial charge is 0.396 e. The number of piperidine rings is 1. The number of nitrogens with one attached hydrogen (secondary N) is 1. The van der Waals surface area contributed by atoms with Crippen LogP contribution in [0.5, 0.6) is 0 Å². The third-order valence-corrected chi connectivity index (χ3v) is 1.68. The molecule has 1 aliphatic rings. The van der Waals surface area contributed by atoms with Gasteiger partial charge in [-0.2, -0.15) is 0 Å². The third kappa shape index (κ3) is 1.93. The van der Waals surface area contributed by atoms with Gasteiger partial charge in [-0.1, -0.05) is 0 Å². The maximum Gasteiger partial charge on any atom is 0.0668 e. The normalized spacial score (nSPS) is 36.7. The lowest BCUT2D eigenvalue weighted by Crippen LogP contribution is -2.40. The molecule has 2 atom stereocenters. The second kappa shape index (κ2) is 3.15. The van der Waals surface area contributed by atoms with Gasteiger partial charge in [-0.25, -0.2) is 0 Å². The van der Waals surface area contributed by atoms with E-state index in [0.717, 1.165) is 13.0 Å². The van der Waals surface area contributed by atoms with Crippen LogP contribution in [0.2, 0.25) is 0 Å². The Hall–Kier alpha value is -0.120. The molecule has 3 nitrogen and oxygen atoms in total. The molecule has 0 bridgehead atoms. The fourth-order valence-corrected chi connectivity index (χ4v) is 1.14. The maximum absolute atomic E-state index is 9.04. The number of aliphatic hydroxyl groups is 2. The molecule has 1 saturated heterocycles. The van der Waals surface area contributed by atoms with E-state index < -0.39 is 0 Å². The zero-order valence-corrected chi connectivity index (χ0v) is 5.38. The molecule has 0 amide bonds. The van der Waals surface area contributed by atoms with Crippen LogP contribution in [-0.2, 0) is 0 Å². The second-order valence-electron chi connectivity index (χ2n) is 2.60. The first kappa shape index (κ1) is 6.99. The van der Waals surface area contributed by atoms with Crippen molar-refractivity contribution in [3.05, 3.63) is 0 Å². The van der Waals surface area contributed by atoms with E-state index in [2.05, 4.69) is 5.32 Å². The molecule has 0 aromatic heterocycles. The quantitative estimate of drug-likeness (QED) is 0.425. The van der Waals surface area contributed by atoms with Crippen molar-refractivity contribution in [2.24, 2.45) is 5.92 Å². The Morgan fingerprint density at radius 2 is 2.22 bits per heavy atom. The lowest BCUT2D eigenvalue weighted by Gasteiger charge is -2.24. The molecule has 0 aromatic rings. The predicted octanol–water partition coefficient (Wildman–Crippen LogP) is -1.05. The van der Waals surface area contributed by atoms with Gasteiger partial charge in [-0.3, -0.25) is 0 Å². The summed E-state index contributed by atoms with van der Waals surface area (Å²) in [4.78, 5) is 0. The highest BCUT2D eigenvalue weighted by molar-refractivity contribution is 4.74. The van der Waals surface area contributed by atoms with Crippen LogP contribution >= 0.6 is 0 Å². The average Bonchev–Trinajstić information content (AvgIpc) is 1.88. The van der Waals surface area contributed by atoms with Crippen LogP contribution in [0.4, 0.5) is 0 Å². The highest BCUT2D eigenvalue weighted by atomic mass is 16.3. The predicted molar refractivity (Wildman–Crippen MR) is 34.1 cm³/mol. The van der Waals surface area contributed by atoms with E-state index in [1.54, 1.807) is 0 Å². The first-order valence-electron chi connectivity index (χ1n) is 3.32. The molecule has 54 valence electrons. The number of hydrogen-bond acceptors (Lipinski definition) is 3. The summed E-state index contributed by atoms with van der Waals surface area (Å²) >= 11 is 0. The van der Waals surface area contributed by atoms with Gasteiger partial charge >= 0.3 is 0 Å². The SMILES string of the molecule is OC[C@@H]1CNC[C@H](O)C1. The van der Waals surface area contributed by atoms with Crippen LogP contribution < -0.4 is 5.32 Å². The molecule has 9 heavy (non-hydrogen) atoms. The summed E-state index contributed by atoms with van der Waals surface area (Å²) in [5.74, 6) is 0.258. The van der Waals surface area contributed by atoms with E-state index in [1.165, 1.54) is 0 Å². The van der Waals surface area contributed by atoms with Gasteiger partial charge in [0.1, 0.15) is 0 Å². The van der Waals surface area contributed by atoms with E-state index in [0.29, 0.717) is 6.54 Å². The Kier molecular flexibility index (Phi) is 2.45. The molecule has 3 heteroatoms. The van der Waals surface area contributed by atoms with Crippen molar-refractivity contribution in [3.8, 4) is 0 Å². The lowest BCUT2D eigenvalue weighted by molar-refractivity contribution is 0.0879. The fourth-order valence-electron chi connectivity index (χ4n) is 1.14. The molecule has 3 N–H and O–H groups in total. The van der Waals surface area contributed by atoms with E-state index in [1.807, 2.05) is 0 Å². The van der Waals surface area contributed by atoms with Crippen molar-refractivity contribution in [2.45, 2.75) is 12.5 Å². The summed E-state index contributed by atoms with van der Waals surface area (Å²) < 4.78 is 0. The molecule has 1 aliphatic heterocycles. The fraction of sp³-hybridized carbons (Fsp3) is 1.00. The molecule has 0 aliphatic carbocycles. The number of β-amino-alcohol motifs (C(OH)–C–C–N with tert-alkyl or cyclic N) is 1. The Morgan fingerprint density at radius 1 is 1.44 bits per heavy atom. The molecular formula is C6H13NO2. The zero-order valence-electron chi connectivity index (χ0n) is 5.38. The standard InChI is InChI=1S/C6H13NO2/c8-4-5-1-6(9)3-7-2-5/h5-9H,1-4H2/t5-,6+/m0/s1. The molecule has 1 rings (SSSR count). The van der Waals surface area contributed by atoms with E-state index in [-0.39, 0.29) is 18.6 Å². The molecule has 0 spiro atoms. The number of rotatable bonds is 1. The van der Waals surface area contributed by atoms with Gasteiger partial charge in [0.25, 0.3) is 0 Å². The minimum atomic E-state index is -0.254. The minimum absolute atomic E-state index is 0.185. The summed E-state index contributed by atoms with van der Waals surface area (Å²) in [6, 6.07) is 0. The number of aliphatic hydroxyl groups excluding tert-OH is 2. The molecule has 0 saturated carbocycles. The number of hydrogen-bond donors (Lipinski definition) is 3. The van der Waals surface area contributed by atoms with Gasteiger partial charge in [-0.15, -0.1) is 0 Å². The van der Waals surface area contributed by atoms with Crippen molar-refractivity contribution < 1.29 is 10.2 Å². The van der Waals surface area contributed by atoms with Crippen LogP contribution in [0.3, 0.4) is 0 Å². The average molecular weight is 131 g/mol. The first-order chi connectivity index (χ1) is 4.33. The van der Waals surface area contributed by atoms with Gasteiger partial charge in [0, 0.05) is 19.7 Å². The monoisotopic (exact) mass is 131 g/mol. The highest BCUT2D eigenvalue weighted by Gasteiger charge is 2.17. The van der Waals surface area contributed by atoms with E-state index in [9.17, 15) is 0 Å². The molecule has 1 fully saturated rings. The lowest BCUT2D eigenvalue weighted by atomic mass is 9.99. The summed E-state index contributed by atoms with van der Waals surface area (Å²) in [7, 11) is 0. The Labute approximate surface area is 54.7 Å². The zero-order chi connectivity index (χ0) is 6.69. The highest BCUT2D eigenvalue weighted by Crippen LogP contribution is 2.08. The molecule has 0 aromatic carbocycles. The summed E-state index contributed by atoms with van der Waals surface area (Å²) in [6.07, 6.45) is 0.486. The summed E-state index contributed by atoms with van der Waals surface area (Å²) in [5.41, 5.74) is 0. The summed E-state index contributed by atoms with van der Waals surface area (Å²) in [5, 5.41) is 20.7. The van der Waals surface area contributed by atoms with Crippen LogP contribution in [0.15, 0.2) is 0 Å². The Morgan fingerprint density at radius 3 is 2.67 bits per heavy atom. The van der Waals surface area contributed by atoms with Crippen molar-refractivity contribution in [3.63, 3.8) is 0 Å². The van der Waals surface area contributed by atoms with Gasteiger partial charge in [0.15, 0.2) is 0 Å². The molecule has 0 radical (unpaired) electrons. The first-order valence-corrected chi connectivity index (χ1v) is 3.32. The molecule has 1 heterocycles. The minimum Gasteiger partial charge on any atom is -0.396 e. The van der Waals surface area contributed by atoms with Gasteiger partial charge in [0.05, 0.1) is 6.10 Å². The van der Waals surface area contributed by atoms with Crippen molar-refractivity contribution in [1.82, 2.24) is 5.32 Å². The van der Waals surface area contributed by atoms with Crippen molar-refractivity contribution in [2.75, 3.05) is 19.7 Å². The van der Waals surface area contributed by atoms with Gasteiger partial charge in [-0.05, 0) is 12.3 Å². The van der Waals surface area contributed by atoms with Gasteiger partial charge < -0.3 is 15.5 Å². The third-order valence-electron chi connectivity index (χ3n) is 1.68. The van der Waals surface area contributed by atoms with Crippen LogP contribution in [0.1, 0.15) is 6.42 Å². The van der Waals surface area contributed by atoms with Crippen LogP contribution in [0.25, 0.3) is 0 Å². The van der Waals surface area contributed by atoms with E-state index >= 15 is 0 Å². The Balaban J connectivity index is 2.23. The van der Waals surface area contributed by atoms with Crippen LogP contribution in [-0.4, -0.2) is 36.0 Å². The maximum atomic E-state index is 9.04.